The Morgan fingerprint density at radius 2 is 1.95 bits per heavy atom. The number of ketones is 1. The molecule has 0 aliphatic rings. The standard InChI is InChI=1S/C17H18N2O3/c1-17(2,3)22-16(21)10-15(20)13-6-4-5-12(9-13)14-7-8-18-11-19-14/h4-9,11H,10H2,1-3H3. The second kappa shape index (κ2) is 6.47. The van der Waals surface area contributed by atoms with Gasteiger partial charge in [0, 0.05) is 17.3 Å². The molecule has 0 saturated carbocycles. The molecule has 0 aliphatic carbocycles. The SMILES string of the molecule is CC(C)(C)OC(=O)CC(=O)c1cccc(-c2ccncn2)c1. The normalized spacial score (nSPS) is 11.0. The van der Waals surface area contributed by atoms with Crippen LogP contribution in [0.5, 0.6) is 0 Å². The van der Waals surface area contributed by atoms with Crippen LogP contribution in [0.4, 0.5) is 0 Å². The maximum absolute atomic E-state index is 12.2. The molecule has 0 bridgehead atoms. The highest BCUT2D eigenvalue weighted by Crippen LogP contribution is 2.18. The number of carbonyl (C=O) groups is 2. The van der Waals surface area contributed by atoms with Crippen molar-refractivity contribution in [3.8, 4) is 11.3 Å². The lowest BCUT2D eigenvalue weighted by molar-refractivity contribution is -0.153. The molecule has 0 fully saturated rings. The lowest BCUT2D eigenvalue weighted by atomic mass is 10.0. The van der Waals surface area contributed by atoms with Gasteiger partial charge in [0.05, 0.1) is 5.69 Å². The molecule has 0 spiro atoms. The van der Waals surface area contributed by atoms with Crippen molar-refractivity contribution < 1.29 is 14.3 Å². The molecule has 0 amide bonds. The second-order valence-electron chi connectivity index (χ2n) is 5.86. The number of Topliss-reactive ketones (excluding diaryl/α,β-unsaturated/α-hetero) is 1. The molecular weight excluding hydrogens is 280 g/mol. The van der Waals surface area contributed by atoms with Crippen LogP contribution in [0.2, 0.25) is 0 Å². The van der Waals surface area contributed by atoms with Gasteiger partial charge in [0.1, 0.15) is 18.3 Å². The molecule has 1 aromatic heterocycles. The lowest BCUT2D eigenvalue weighted by Gasteiger charge is -2.19. The van der Waals surface area contributed by atoms with Gasteiger partial charge in [-0.05, 0) is 32.9 Å². The third-order valence-corrected chi connectivity index (χ3v) is 2.79. The Bertz CT molecular complexity index is 676. The summed E-state index contributed by atoms with van der Waals surface area (Å²) >= 11 is 0. The van der Waals surface area contributed by atoms with Gasteiger partial charge in [-0.1, -0.05) is 18.2 Å². The third kappa shape index (κ3) is 4.48. The molecular formula is C17H18N2O3. The number of hydrogen-bond acceptors (Lipinski definition) is 5. The van der Waals surface area contributed by atoms with Crippen LogP contribution in [0.15, 0.2) is 42.9 Å². The molecule has 0 unspecified atom stereocenters. The number of benzene rings is 1. The Kier molecular flexibility index (Phi) is 4.65. The fourth-order valence-electron chi connectivity index (χ4n) is 1.92. The first-order valence-electron chi connectivity index (χ1n) is 6.97. The summed E-state index contributed by atoms with van der Waals surface area (Å²) in [6.45, 7) is 5.31. The van der Waals surface area contributed by atoms with Crippen LogP contribution in [0, 0.1) is 0 Å². The third-order valence-electron chi connectivity index (χ3n) is 2.79. The summed E-state index contributed by atoms with van der Waals surface area (Å²) in [6.07, 6.45) is 2.81. The predicted molar refractivity (Wildman–Crippen MR) is 82.3 cm³/mol. The molecule has 22 heavy (non-hydrogen) atoms. The zero-order valence-electron chi connectivity index (χ0n) is 12.9. The zero-order chi connectivity index (χ0) is 16.2. The van der Waals surface area contributed by atoms with Crippen LogP contribution in [0.25, 0.3) is 11.3 Å². The van der Waals surface area contributed by atoms with Gasteiger partial charge in [0.2, 0.25) is 0 Å². The van der Waals surface area contributed by atoms with Gasteiger partial charge in [-0.25, -0.2) is 9.97 Å². The van der Waals surface area contributed by atoms with Crippen molar-refractivity contribution in [2.24, 2.45) is 0 Å². The van der Waals surface area contributed by atoms with E-state index in [-0.39, 0.29) is 12.2 Å². The van der Waals surface area contributed by atoms with E-state index in [4.69, 9.17) is 4.74 Å². The van der Waals surface area contributed by atoms with Crippen molar-refractivity contribution in [1.29, 1.82) is 0 Å². The Morgan fingerprint density at radius 1 is 1.18 bits per heavy atom. The number of nitrogens with zero attached hydrogens (tertiary/aromatic N) is 2. The van der Waals surface area contributed by atoms with Crippen LogP contribution < -0.4 is 0 Å². The summed E-state index contributed by atoms with van der Waals surface area (Å²) in [6, 6.07) is 8.77. The summed E-state index contributed by atoms with van der Waals surface area (Å²) < 4.78 is 5.16. The number of rotatable bonds is 4. The van der Waals surface area contributed by atoms with E-state index >= 15 is 0 Å². The van der Waals surface area contributed by atoms with Crippen LogP contribution in [0.1, 0.15) is 37.6 Å². The number of carbonyl (C=O) groups excluding carboxylic acids is 2. The summed E-state index contributed by atoms with van der Waals surface area (Å²) in [4.78, 5) is 31.9. The Labute approximate surface area is 129 Å². The number of ether oxygens (including phenoxy) is 1. The van der Waals surface area contributed by atoms with E-state index < -0.39 is 11.6 Å². The Balaban J connectivity index is 2.13. The van der Waals surface area contributed by atoms with E-state index in [1.807, 2.05) is 6.07 Å². The minimum atomic E-state index is -0.597. The molecule has 2 aromatic rings. The van der Waals surface area contributed by atoms with Gasteiger partial charge >= 0.3 is 5.97 Å². The number of esters is 1. The molecule has 5 nitrogen and oxygen atoms in total. The summed E-state index contributed by atoms with van der Waals surface area (Å²) in [5.41, 5.74) is 1.39. The molecule has 0 N–H and O–H groups in total. The smallest absolute Gasteiger partial charge is 0.314 e. The molecule has 1 heterocycles. The van der Waals surface area contributed by atoms with Crippen molar-refractivity contribution in [3.05, 3.63) is 48.4 Å². The van der Waals surface area contributed by atoms with Crippen LogP contribution in [-0.4, -0.2) is 27.3 Å². The van der Waals surface area contributed by atoms with Crippen molar-refractivity contribution in [2.75, 3.05) is 0 Å². The second-order valence-corrected chi connectivity index (χ2v) is 5.86. The molecule has 2 rings (SSSR count). The van der Waals surface area contributed by atoms with Crippen molar-refractivity contribution in [3.63, 3.8) is 0 Å². The average Bonchev–Trinajstić information content (AvgIpc) is 2.46. The lowest BCUT2D eigenvalue weighted by Crippen LogP contribution is -2.25. The van der Waals surface area contributed by atoms with E-state index in [1.165, 1.54) is 6.33 Å². The van der Waals surface area contributed by atoms with Gasteiger partial charge in [-0.2, -0.15) is 0 Å². The highest BCUT2D eigenvalue weighted by Gasteiger charge is 2.19. The molecule has 1 aromatic carbocycles. The highest BCUT2D eigenvalue weighted by molar-refractivity contribution is 6.06. The first-order valence-corrected chi connectivity index (χ1v) is 6.97. The van der Waals surface area contributed by atoms with E-state index in [2.05, 4.69) is 9.97 Å². The van der Waals surface area contributed by atoms with Gasteiger partial charge in [-0.3, -0.25) is 9.59 Å². The summed E-state index contributed by atoms with van der Waals surface area (Å²) in [5.74, 6) is -0.796. The number of aromatic nitrogens is 2. The average molecular weight is 298 g/mol. The largest absolute Gasteiger partial charge is 0.460 e. The van der Waals surface area contributed by atoms with Gasteiger partial charge in [-0.15, -0.1) is 0 Å². The molecule has 0 saturated heterocycles. The monoisotopic (exact) mass is 298 g/mol. The molecule has 0 atom stereocenters. The van der Waals surface area contributed by atoms with Crippen LogP contribution in [0.3, 0.4) is 0 Å². The van der Waals surface area contributed by atoms with Crippen molar-refractivity contribution in [1.82, 2.24) is 9.97 Å². The highest BCUT2D eigenvalue weighted by atomic mass is 16.6. The summed E-state index contributed by atoms with van der Waals surface area (Å²) in [5, 5.41) is 0. The fraction of sp³-hybridized carbons (Fsp3) is 0.294. The van der Waals surface area contributed by atoms with E-state index in [1.54, 1.807) is 51.2 Å². The maximum Gasteiger partial charge on any atom is 0.314 e. The number of hydrogen-bond donors (Lipinski definition) is 0. The Morgan fingerprint density at radius 3 is 2.59 bits per heavy atom. The topological polar surface area (TPSA) is 69.2 Å². The van der Waals surface area contributed by atoms with Crippen LogP contribution >= 0.6 is 0 Å². The molecule has 0 aliphatic heterocycles. The van der Waals surface area contributed by atoms with Crippen molar-refractivity contribution in [2.45, 2.75) is 32.8 Å². The first-order chi connectivity index (χ1) is 10.3. The minimum Gasteiger partial charge on any atom is -0.460 e. The quantitative estimate of drug-likeness (QED) is 0.493. The van der Waals surface area contributed by atoms with Gasteiger partial charge in [0.25, 0.3) is 0 Å². The molecule has 5 heteroatoms. The molecule has 0 radical (unpaired) electrons. The first kappa shape index (κ1) is 15.8. The van der Waals surface area contributed by atoms with Gasteiger partial charge in [0.15, 0.2) is 5.78 Å². The van der Waals surface area contributed by atoms with Crippen LogP contribution in [-0.2, 0) is 9.53 Å². The van der Waals surface area contributed by atoms with E-state index in [9.17, 15) is 9.59 Å². The van der Waals surface area contributed by atoms with Gasteiger partial charge < -0.3 is 4.74 Å². The minimum absolute atomic E-state index is 0.273. The van der Waals surface area contributed by atoms with E-state index in [0.717, 1.165) is 11.3 Å². The zero-order valence-corrected chi connectivity index (χ0v) is 12.9. The predicted octanol–water partition coefficient (Wildman–Crippen LogP) is 3.06. The Hall–Kier alpha value is -2.56. The van der Waals surface area contributed by atoms with E-state index in [0.29, 0.717) is 5.56 Å². The molecule has 114 valence electrons. The summed E-state index contributed by atoms with van der Waals surface area (Å²) in [7, 11) is 0. The van der Waals surface area contributed by atoms with Crippen molar-refractivity contribution >= 4 is 11.8 Å². The maximum atomic E-state index is 12.2. The fourth-order valence-corrected chi connectivity index (χ4v) is 1.92.